The normalized spacial score (nSPS) is 10.1. The van der Waals surface area contributed by atoms with Crippen molar-refractivity contribution in [2.24, 2.45) is 0 Å². The fourth-order valence-corrected chi connectivity index (χ4v) is 1.81. The van der Waals surface area contributed by atoms with Gasteiger partial charge in [-0.05, 0) is 43.4 Å². The van der Waals surface area contributed by atoms with Gasteiger partial charge in [-0.25, -0.2) is 0 Å². The number of aryl methyl sites for hydroxylation is 1. The summed E-state index contributed by atoms with van der Waals surface area (Å²) < 4.78 is 0. The van der Waals surface area contributed by atoms with E-state index >= 15 is 0 Å². The maximum Gasteiger partial charge on any atom is 0.0337 e. The quantitative estimate of drug-likeness (QED) is 0.502. The largest absolute Gasteiger partial charge is 0.388 e. The molecule has 16 heavy (non-hydrogen) atoms. The van der Waals surface area contributed by atoms with E-state index in [1.165, 1.54) is 43.4 Å². The van der Waals surface area contributed by atoms with Gasteiger partial charge in [0.05, 0.1) is 0 Å². The van der Waals surface area contributed by atoms with Gasteiger partial charge in [0.2, 0.25) is 0 Å². The number of unbranched alkanes of at least 4 members (excludes halogenated alkanes) is 4. The Hall–Kier alpha value is -1.24. The summed E-state index contributed by atoms with van der Waals surface area (Å²) >= 11 is 0. The molecule has 0 aliphatic carbocycles. The molecule has 0 fully saturated rings. The molecule has 1 aromatic rings. The highest BCUT2D eigenvalue weighted by Crippen LogP contribution is 2.12. The molecule has 1 heteroatoms. The fourth-order valence-electron chi connectivity index (χ4n) is 1.81. The molecular formula is C15H23N. The lowest BCUT2D eigenvalue weighted by atomic mass is 10.1. The highest BCUT2D eigenvalue weighted by molar-refractivity contribution is 5.43. The number of allylic oxidation sites excluding steroid dienone is 1. The van der Waals surface area contributed by atoms with Crippen LogP contribution in [0.15, 0.2) is 36.9 Å². The van der Waals surface area contributed by atoms with Crippen molar-refractivity contribution in [3.63, 3.8) is 0 Å². The van der Waals surface area contributed by atoms with Crippen molar-refractivity contribution >= 4 is 5.69 Å². The first-order valence-electron chi connectivity index (χ1n) is 6.24. The second kappa shape index (κ2) is 7.98. The van der Waals surface area contributed by atoms with Crippen LogP contribution in [-0.2, 0) is 6.42 Å². The topological polar surface area (TPSA) is 12.0 Å². The predicted octanol–water partition coefficient (Wildman–Crippen LogP) is 4.41. The highest BCUT2D eigenvalue weighted by Gasteiger charge is 1.94. The number of nitrogens with one attached hydrogen (secondary N) is 1. The first-order valence-corrected chi connectivity index (χ1v) is 6.24. The molecule has 0 unspecified atom stereocenters. The van der Waals surface area contributed by atoms with Gasteiger partial charge in [-0.1, -0.05) is 31.1 Å². The van der Waals surface area contributed by atoms with Gasteiger partial charge in [-0.3, -0.25) is 0 Å². The maximum atomic E-state index is 3.74. The van der Waals surface area contributed by atoms with Gasteiger partial charge in [0.1, 0.15) is 0 Å². The second-order valence-electron chi connectivity index (χ2n) is 4.19. The summed E-state index contributed by atoms with van der Waals surface area (Å²) in [6.45, 7) is 3.74. The van der Waals surface area contributed by atoms with Crippen LogP contribution in [0.25, 0.3) is 0 Å². The van der Waals surface area contributed by atoms with Crippen molar-refractivity contribution in [2.45, 2.75) is 38.5 Å². The minimum atomic E-state index is 1.16. The van der Waals surface area contributed by atoms with Crippen LogP contribution in [0.4, 0.5) is 5.69 Å². The van der Waals surface area contributed by atoms with Gasteiger partial charge in [0.25, 0.3) is 0 Å². The van der Waals surface area contributed by atoms with Gasteiger partial charge < -0.3 is 5.32 Å². The van der Waals surface area contributed by atoms with Crippen LogP contribution in [-0.4, -0.2) is 7.05 Å². The van der Waals surface area contributed by atoms with Crippen LogP contribution in [0.5, 0.6) is 0 Å². The summed E-state index contributed by atoms with van der Waals surface area (Å²) in [6.07, 6.45) is 9.64. The Morgan fingerprint density at radius 2 is 1.75 bits per heavy atom. The van der Waals surface area contributed by atoms with Gasteiger partial charge in [0.15, 0.2) is 0 Å². The summed E-state index contributed by atoms with van der Waals surface area (Å²) in [5.41, 5.74) is 2.64. The van der Waals surface area contributed by atoms with Crippen LogP contribution in [0.3, 0.4) is 0 Å². The summed E-state index contributed by atoms with van der Waals surface area (Å²) in [7, 11) is 1.95. The molecule has 0 amide bonds. The summed E-state index contributed by atoms with van der Waals surface area (Å²) in [5.74, 6) is 0. The Morgan fingerprint density at radius 1 is 1.06 bits per heavy atom. The lowest BCUT2D eigenvalue weighted by Gasteiger charge is -2.03. The number of hydrogen-bond donors (Lipinski definition) is 1. The van der Waals surface area contributed by atoms with Crippen LogP contribution in [0.2, 0.25) is 0 Å². The van der Waals surface area contributed by atoms with Crippen LogP contribution >= 0.6 is 0 Å². The van der Waals surface area contributed by atoms with Crippen LogP contribution in [0, 0.1) is 0 Å². The number of benzene rings is 1. The average molecular weight is 217 g/mol. The minimum absolute atomic E-state index is 1.16. The molecule has 1 aromatic carbocycles. The van der Waals surface area contributed by atoms with E-state index in [-0.39, 0.29) is 0 Å². The second-order valence-corrected chi connectivity index (χ2v) is 4.19. The molecule has 0 aliphatic heterocycles. The van der Waals surface area contributed by atoms with E-state index in [1.807, 2.05) is 13.1 Å². The average Bonchev–Trinajstić information content (AvgIpc) is 2.34. The van der Waals surface area contributed by atoms with E-state index in [0.717, 1.165) is 6.42 Å². The molecular weight excluding hydrogens is 194 g/mol. The Labute approximate surface area is 99.6 Å². The molecule has 0 aromatic heterocycles. The molecule has 0 spiro atoms. The molecule has 1 rings (SSSR count). The molecule has 1 N–H and O–H groups in total. The minimum Gasteiger partial charge on any atom is -0.388 e. The Bertz CT molecular complexity index is 287. The molecule has 0 aliphatic rings. The molecule has 0 heterocycles. The van der Waals surface area contributed by atoms with E-state index in [9.17, 15) is 0 Å². The van der Waals surface area contributed by atoms with Crippen molar-refractivity contribution < 1.29 is 0 Å². The predicted molar refractivity (Wildman–Crippen MR) is 73.0 cm³/mol. The number of rotatable bonds is 8. The number of anilines is 1. The molecule has 0 saturated heterocycles. The summed E-state index contributed by atoms with van der Waals surface area (Å²) in [5, 5.41) is 3.14. The standard InChI is InChI=1S/C15H23N/c1-3-4-5-6-7-8-9-14-10-12-15(16-2)13-11-14/h3,10-13,16H,1,4-9H2,2H3. The van der Waals surface area contributed by atoms with E-state index in [0.29, 0.717) is 0 Å². The summed E-state index contributed by atoms with van der Waals surface area (Å²) in [4.78, 5) is 0. The van der Waals surface area contributed by atoms with E-state index in [2.05, 4.69) is 36.2 Å². The lowest BCUT2D eigenvalue weighted by Crippen LogP contribution is -1.89. The Kier molecular flexibility index (Phi) is 6.39. The molecule has 0 radical (unpaired) electrons. The smallest absolute Gasteiger partial charge is 0.0337 e. The zero-order valence-electron chi connectivity index (χ0n) is 10.3. The van der Waals surface area contributed by atoms with Crippen LogP contribution in [0.1, 0.15) is 37.7 Å². The first-order chi connectivity index (χ1) is 7.86. The maximum absolute atomic E-state index is 3.74. The third-order valence-corrected chi connectivity index (χ3v) is 2.87. The SMILES string of the molecule is C=CCCCCCCc1ccc(NC)cc1. The zero-order valence-corrected chi connectivity index (χ0v) is 10.3. The molecule has 0 saturated carbocycles. The van der Waals surface area contributed by atoms with Gasteiger partial charge >= 0.3 is 0 Å². The summed E-state index contributed by atoms with van der Waals surface area (Å²) in [6, 6.07) is 8.73. The molecule has 0 bridgehead atoms. The zero-order chi connectivity index (χ0) is 11.6. The van der Waals surface area contributed by atoms with E-state index in [1.54, 1.807) is 0 Å². The van der Waals surface area contributed by atoms with Gasteiger partial charge in [-0.15, -0.1) is 6.58 Å². The first kappa shape index (κ1) is 12.8. The molecule has 0 atom stereocenters. The van der Waals surface area contributed by atoms with Crippen molar-refractivity contribution in [1.82, 2.24) is 0 Å². The monoisotopic (exact) mass is 217 g/mol. The molecule has 1 nitrogen and oxygen atoms in total. The van der Waals surface area contributed by atoms with Crippen molar-refractivity contribution in [1.29, 1.82) is 0 Å². The van der Waals surface area contributed by atoms with Crippen molar-refractivity contribution in [3.8, 4) is 0 Å². The van der Waals surface area contributed by atoms with Crippen LogP contribution < -0.4 is 5.32 Å². The third-order valence-electron chi connectivity index (χ3n) is 2.87. The van der Waals surface area contributed by atoms with E-state index < -0.39 is 0 Å². The fraction of sp³-hybridized carbons (Fsp3) is 0.467. The Morgan fingerprint density at radius 3 is 2.38 bits per heavy atom. The molecule has 88 valence electrons. The van der Waals surface area contributed by atoms with Crippen molar-refractivity contribution in [3.05, 3.63) is 42.5 Å². The number of hydrogen-bond acceptors (Lipinski definition) is 1. The van der Waals surface area contributed by atoms with Gasteiger partial charge in [0, 0.05) is 12.7 Å². The van der Waals surface area contributed by atoms with Gasteiger partial charge in [-0.2, -0.15) is 0 Å². The van der Waals surface area contributed by atoms with Crippen molar-refractivity contribution in [2.75, 3.05) is 12.4 Å². The Balaban J connectivity index is 2.14. The lowest BCUT2D eigenvalue weighted by molar-refractivity contribution is 0.646. The highest BCUT2D eigenvalue weighted by atomic mass is 14.8. The third kappa shape index (κ3) is 5.01. The van der Waals surface area contributed by atoms with E-state index in [4.69, 9.17) is 0 Å².